The summed E-state index contributed by atoms with van der Waals surface area (Å²) in [6, 6.07) is -0.211. The number of amides is 1. The zero-order valence-electron chi connectivity index (χ0n) is 11.3. The van der Waals surface area contributed by atoms with Crippen LogP contribution >= 0.6 is 12.4 Å². The van der Waals surface area contributed by atoms with Crippen molar-refractivity contribution in [2.24, 2.45) is 0 Å². The van der Waals surface area contributed by atoms with Gasteiger partial charge in [-0.05, 0) is 20.8 Å². The van der Waals surface area contributed by atoms with Crippen molar-refractivity contribution in [3.8, 4) is 0 Å². The van der Waals surface area contributed by atoms with Gasteiger partial charge >= 0.3 is 0 Å². The summed E-state index contributed by atoms with van der Waals surface area (Å²) in [4.78, 5) is 14.3. The third kappa shape index (κ3) is 3.57. The first kappa shape index (κ1) is 15.7. The molecule has 106 valence electrons. The van der Waals surface area contributed by atoms with Crippen LogP contribution in [0.15, 0.2) is 0 Å². The zero-order valence-corrected chi connectivity index (χ0v) is 12.1. The topological polar surface area (TPSA) is 50.8 Å². The second-order valence-corrected chi connectivity index (χ2v) is 5.38. The van der Waals surface area contributed by atoms with Crippen molar-refractivity contribution in [1.29, 1.82) is 0 Å². The van der Waals surface area contributed by atoms with Crippen LogP contribution in [0.4, 0.5) is 0 Å². The summed E-state index contributed by atoms with van der Waals surface area (Å²) in [7, 11) is 0. The number of carbonyl (C=O) groups is 1. The minimum absolute atomic E-state index is 0. The highest BCUT2D eigenvalue weighted by atomic mass is 35.5. The molecule has 0 saturated carbocycles. The van der Waals surface area contributed by atoms with E-state index in [0.717, 1.165) is 6.54 Å². The first-order valence-electron chi connectivity index (χ1n) is 6.27. The van der Waals surface area contributed by atoms with Crippen molar-refractivity contribution in [1.82, 2.24) is 10.2 Å². The van der Waals surface area contributed by atoms with E-state index in [1.54, 1.807) is 0 Å². The van der Waals surface area contributed by atoms with Gasteiger partial charge in [-0.3, -0.25) is 4.79 Å². The van der Waals surface area contributed by atoms with Gasteiger partial charge < -0.3 is 19.7 Å². The van der Waals surface area contributed by atoms with Gasteiger partial charge in [0, 0.05) is 19.6 Å². The number of nitrogens with zero attached hydrogens (tertiary/aromatic N) is 1. The summed E-state index contributed by atoms with van der Waals surface area (Å²) < 4.78 is 11.1. The van der Waals surface area contributed by atoms with Crippen LogP contribution in [0.1, 0.15) is 20.8 Å². The van der Waals surface area contributed by atoms with Crippen molar-refractivity contribution in [3.63, 3.8) is 0 Å². The molecule has 2 atom stereocenters. The largest absolute Gasteiger partial charge is 0.375 e. The number of carbonyl (C=O) groups excluding carboxylic acids is 1. The molecule has 0 radical (unpaired) electrons. The Morgan fingerprint density at radius 1 is 1.39 bits per heavy atom. The summed E-state index contributed by atoms with van der Waals surface area (Å²) in [6.45, 7) is 9.33. The second-order valence-electron chi connectivity index (χ2n) is 5.38. The highest BCUT2D eigenvalue weighted by Crippen LogP contribution is 2.18. The highest BCUT2D eigenvalue weighted by molar-refractivity contribution is 5.85. The van der Waals surface area contributed by atoms with Gasteiger partial charge in [-0.2, -0.15) is 0 Å². The second kappa shape index (κ2) is 6.19. The Bertz CT molecular complexity index is 299. The van der Waals surface area contributed by atoms with Gasteiger partial charge in [-0.25, -0.2) is 0 Å². The van der Waals surface area contributed by atoms with E-state index >= 15 is 0 Å². The van der Waals surface area contributed by atoms with Crippen molar-refractivity contribution in [3.05, 3.63) is 0 Å². The number of hydrogen-bond donors (Lipinski definition) is 1. The van der Waals surface area contributed by atoms with Gasteiger partial charge in [0.25, 0.3) is 0 Å². The molecular formula is C12H23ClN2O3. The first-order chi connectivity index (χ1) is 7.99. The summed E-state index contributed by atoms with van der Waals surface area (Å²) in [5.74, 6) is 0.133. The fraction of sp³-hybridized carbons (Fsp3) is 0.917. The Hall–Kier alpha value is -0.360. The maximum atomic E-state index is 12.4. The molecule has 5 nitrogen and oxygen atoms in total. The Balaban J connectivity index is 0.00000162. The van der Waals surface area contributed by atoms with E-state index in [4.69, 9.17) is 9.47 Å². The molecule has 2 aliphatic heterocycles. The van der Waals surface area contributed by atoms with E-state index in [1.807, 2.05) is 25.7 Å². The molecule has 0 spiro atoms. The predicted molar refractivity (Wildman–Crippen MR) is 71.1 cm³/mol. The molecule has 0 aromatic carbocycles. The molecule has 0 unspecified atom stereocenters. The van der Waals surface area contributed by atoms with Crippen LogP contribution in [0.5, 0.6) is 0 Å². The van der Waals surface area contributed by atoms with Crippen LogP contribution < -0.4 is 5.32 Å². The monoisotopic (exact) mass is 278 g/mol. The molecule has 2 saturated heterocycles. The third-order valence-corrected chi connectivity index (χ3v) is 3.32. The lowest BCUT2D eigenvalue weighted by Crippen LogP contribution is -2.60. The van der Waals surface area contributed by atoms with Gasteiger partial charge in [0.1, 0.15) is 6.04 Å². The highest BCUT2D eigenvalue weighted by Gasteiger charge is 2.36. The number of morpholine rings is 2. The maximum absolute atomic E-state index is 12.4. The lowest BCUT2D eigenvalue weighted by atomic mass is 10.0. The smallest absolute Gasteiger partial charge is 0.242 e. The summed E-state index contributed by atoms with van der Waals surface area (Å²) in [5, 5.41) is 3.24. The molecule has 0 aromatic rings. The van der Waals surface area contributed by atoms with E-state index in [9.17, 15) is 4.79 Å². The molecule has 2 aliphatic rings. The third-order valence-electron chi connectivity index (χ3n) is 3.32. The molecule has 1 N–H and O–H groups in total. The number of hydrogen-bond acceptors (Lipinski definition) is 4. The summed E-state index contributed by atoms with van der Waals surface area (Å²) in [6.07, 6.45) is -0.0535. The van der Waals surface area contributed by atoms with Gasteiger partial charge in [0.05, 0.1) is 24.9 Å². The lowest BCUT2D eigenvalue weighted by Gasteiger charge is -2.41. The quantitative estimate of drug-likeness (QED) is 0.755. The minimum atomic E-state index is -0.243. The molecule has 0 bridgehead atoms. The Morgan fingerprint density at radius 2 is 2.11 bits per heavy atom. The van der Waals surface area contributed by atoms with E-state index in [-0.39, 0.29) is 36.1 Å². The van der Waals surface area contributed by atoms with E-state index in [2.05, 4.69) is 5.32 Å². The molecule has 2 rings (SSSR count). The van der Waals surface area contributed by atoms with E-state index < -0.39 is 0 Å². The molecule has 2 fully saturated rings. The first-order valence-corrected chi connectivity index (χ1v) is 6.27. The number of halogens is 1. The Morgan fingerprint density at radius 3 is 2.72 bits per heavy atom. The van der Waals surface area contributed by atoms with Gasteiger partial charge in [0.15, 0.2) is 0 Å². The van der Waals surface area contributed by atoms with Crippen LogP contribution in [0.25, 0.3) is 0 Å². The lowest BCUT2D eigenvalue weighted by molar-refractivity contribution is -0.153. The SMILES string of the molecule is C[C@H]1OCCN[C@@H]1C(=O)N1CCOC(C)(C)C1.Cl. The number of ether oxygens (including phenoxy) is 2. The average molecular weight is 279 g/mol. The van der Waals surface area contributed by atoms with E-state index in [0.29, 0.717) is 26.3 Å². The molecule has 2 heterocycles. The summed E-state index contributed by atoms with van der Waals surface area (Å²) >= 11 is 0. The van der Waals surface area contributed by atoms with Crippen LogP contribution in [0.3, 0.4) is 0 Å². The van der Waals surface area contributed by atoms with Gasteiger partial charge in [-0.15, -0.1) is 12.4 Å². The van der Waals surface area contributed by atoms with Crippen LogP contribution in [-0.2, 0) is 14.3 Å². The molecule has 0 aromatic heterocycles. The van der Waals surface area contributed by atoms with Gasteiger partial charge in [-0.1, -0.05) is 0 Å². The summed E-state index contributed by atoms with van der Waals surface area (Å²) in [5.41, 5.74) is -0.243. The fourth-order valence-corrected chi connectivity index (χ4v) is 2.41. The predicted octanol–water partition coefficient (Wildman–Crippen LogP) is 0.422. The minimum Gasteiger partial charge on any atom is -0.375 e. The zero-order chi connectivity index (χ0) is 12.5. The molecule has 1 amide bonds. The van der Waals surface area contributed by atoms with Crippen molar-refractivity contribution in [2.75, 3.05) is 32.8 Å². The van der Waals surface area contributed by atoms with Crippen molar-refractivity contribution in [2.45, 2.75) is 38.5 Å². The molecular weight excluding hydrogens is 256 g/mol. The molecule has 0 aliphatic carbocycles. The van der Waals surface area contributed by atoms with Crippen LogP contribution in [0.2, 0.25) is 0 Å². The average Bonchev–Trinajstić information content (AvgIpc) is 2.27. The van der Waals surface area contributed by atoms with Crippen molar-refractivity contribution < 1.29 is 14.3 Å². The Kier molecular flexibility index (Phi) is 5.40. The number of nitrogens with one attached hydrogen (secondary N) is 1. The molecule has 18 heavy (non-hydrogen) atoms. The standard InChI is InChI=1S/C12H22N2O3.ClH/c1-9-10(13-4-6-16-9)11(15)14-5-7-17-12(2,3)8-14;/h9-10,13H,4-8H2,1-3H3;1H/t9-,10+;/m1./s1. The Labute approximate surface area is 115 Å². The van der Waals surface area contributed by atoms with Crippen LogP contribution in [0, 0.1) is 0 Å². The van der Waals surface area contributed by atoms with Crippen molar-refractivity contribution >= 4 is 18.3 Å². The number of rotatable bonds is 1. The van der Waals surface area contributed by atoms with Crippen LogP contribution in [-0.4, -0.2) is 61.4 Å². The maximum Gasteiger partial charge on any atom is 0.242 e. The van der Waals surface area contributed by atoms with E-state index in [1.165, 1.54) is 0 Å². The fourth-order valence-electron chi connectivity index (χ4n) is 2.41. The normalized spacial score (nSPS) is 31.6. The molecule has 6 heteroatoms. The van der Waals surface area contributed by atoms with Gasteiger partial charge in [0.2, 0.25) is 5.91 Å².